The van der Waals surface area contributed by atoms with Gasteiger partial charge in [0.05, 0.1) is 29.2 Å². The summed E-state index contributed by atoms with van der Waals surface area (Å²) in [5, 5.41) is 4.40. The molecule has 3 heterocycles. The molecule has 0 atom stereocenters. The van der Waals surface area contributed by atoms with Crippen LogP contribution in [0.1, 0.15) is 12.0 Å². The summed E-state index contributed by atoms with van der Waals surface area (Å²) in [7, 11) is 0. The molecule has 1 amide bonds. The van der Waals surface area contributed by atoms with Crippen molar-refractivity contribution < 1.29 is 18.7 Å². The minimum atomic E-state index is -0.322. The summed E-state index contributed by atoms with van der Waals surface area (Å²) in [6.45, 7) is 1.72. The van der Waals surface area contributed by atoms with E-state index in [1.54, 1.807) is 47.8 Å². The lowest BCUT2D eigenvalue weighted by atomic mass is 10.1. The molecule has 5 aromatic rings. The second-order valence-corrected chi connectivity index (χ2v) is 10.0. The first-order valence-corrected chi connectivity index (χ1v) is 13.7. The molecule has 0 saturated heterocycles. The number of aromatic nitrogens is 4. The number of hydrogen-bond donors (Lipinski definition) is 1. The van der Waals surface area contributed by atoms with E-state index in [0.29, 0.717) is 76.3 Å². The van der Waals surface area contributed by atoms with Gasteiger partial charge in [-0.05, 0) is 48.4 Å². The van der Waals surface area contributed by atoms with Gasteiger partial charge in [0.2, 0.25) is 0 Å². The first kappa shape index (κ1) is 27.2. The van der Waals surface area contributed by atoms with Crippen LogP contribution in [0.5, 0.6) is 11.5 Å². The topological polar surface area (TPSA) is 94.4 Å². The fourth-order valence-electron chi connectivity index (χ4n) is 4.63. The van der Waals surface area contributed by atoms with E-state index in [1.807, 2.05) is 35.0 Å². The highest BCUT2D eigenvalue weighted by atomic mass is 35.5. The fraction of sp³-hybridized carbons (Fsp3) is 0.161. The highest BCUT2D eigenvalue weighted by Crippen LogP contribution is 2.38. The average Bonchev–Trinajstić information content (AvgIpc) is 3.42. The number of benzene rings is 3. The fourth-order valence-corrected chi connectivity index (χ4v) is 4.87. The summed E-state index contributed by atoms with van der Waals surface area (Å²) in [6.07, 6.45) is 10.8. The van der Waals surface area contributed by atoms with Crippen LogP contribution in [0.3, 0.4) is 0 Å². The zero-order chi connectivity index (χ0) is 28.9. The molecule has 0 unspecified atom stereocenters. The maximum Gasteiger partial charge on any atom is 0.250 e. The van der Waals surface area contributed by atoms with Crippen LogP contribution >= 0.6 is 11.6 Å². The highest BCUT2D eigenvalue weighted by molar-refractivity contribution is 6.32. The van der Waals surface area contributed by atoms with Crippen LogP contribution in [0.25, 0.3) is 10.9 Å². The van der Waals surface area contributed by atoms with Gasteiger partial charge >= 0.3 is 0 Å². The van der Waals surface area contributed by atoms with Gasteiger partial charge in [-0.15, -0.1) is 0 Å². The molecule has 0 radical (unpaired) electrons. The predicted molar refractivity (Wildman–Crippen MR) is 159 cm³/mol. The SMILES string of the molecule is O=C(/C=C/Cn1ccnc1)N1CCCOc2cc3ncnc(Nc4ccc(OCc5cccc(F)c5)c(Cl)c4)c3cc21. The molecule has 2 aromatic heterocycles. The number of nitrogens with zero attached hydrogens (tertiary/aromatic N) is 5. The van der Waals surface area contributed by atoms with E-state index in [1.165, 1.54) is 18.5 Å². The minimum Gasteiger partial charge on any atom is -0.491 e. The average molecular weight is 585 g/mol. The van der Waals surface area contributed by atoms with Crippen LogP contribution in [-0.2, 0) is 17.9 Å². The number of allylic oxidation sites excluding steroid dienone is 1. The molecule has 0 saturated carbocycles. The quantitative estimate of drug-likeness (QED) is 0.213. The molecule has 3 aromatic carbocycles. The third-order valence-electron chi connectivity index (χ3n) is 6.67. The number of carbonyl (C=O) groups excluding carboxylic acids is 1. The molecule has 11 heteroatoms. The third-order valence-corrected chi connectivity index (χ3v) is 6.97. The molecule has 0 spiro atoms. The van der Waals surface area contributed by atoms with Crippen molar-refractivity contribution >= 4 is 45.6 Å². The summed E-state index contributed by atoms with van der Waals surface area (Å²) in [5.41, 5.74) is 2.69. The van der Waals surface area contributed by atoms with Crippen molar-refractivity contribution in [1.29, 1.82) is 0 Å². The maximum absolute atomic E-state index is 13.5. The lowest BCUT2D eigenvalue weighted by Gasteiger charge is -2.21. The summed E-state index contributed by atoms with van der Waals surface area (Å²) in [5.74, 6) is 1.13. The van der Waals surface area contributed by atoms with E-state index in [-0.39, 0.29) is 18.3 Å². The van der Waals surface area contributed by atoms with Crippen molar-refractivity contribution in [2.45, 2.75) is 19.6 Å². The highest BCUT2D eigenvalue weighted by Gasteiger charge is 2.23. The monoisotopic (exact) mass is 584 g/mol. The molecular weight excluding hydrogens is 559 g/mol. The van der Waals surface area contributed by atoms with Gasteiger partial charge in [-0.1, -0.05) is 29.8 Å². The van der Waals surface area contributed by atoms with Gasteiger partial charge in [-0.25, -0.2) is 19.3 Å². The van der Waals surface area contributed by atoms with Crippen molar-refractivity contribution in [2.75, 3.05) is 23.4 Å². The van der Waals surface area contributed by atoms with Crippen molar-refractivity contribution in [3.05, 3.63) is 108 Å². The van der Waals surface area contributed by atoms with Gasteiger partial charge in [0.25, 0.3) is 5.91 Å². The van der Waals surface area contributed by atoms with E-state index >= 15 is 0 Å². The molecule has 1 aliphatic rings. The van der Waals surface area contributed by atoms with Gasteiger partial charge < -0.3 is 24.3 Å². The molecule has 6 rings (SSSR count). The second-order valence-electron chi connectivity index (χ2n) is 9.60. The van der Waals surface area contributed by atoms with E-state index in [4.69, 9.17) is 21.1 Å². The Balaban J connectivity index is 1.23. The number of amides is 1. The van der Waals surface area contributed by atoms with Gasteiger partial charge in [-0.3, -0.25) is 4.79 Å². The Morgan fingerprint density at radius 3 is 2.93 bits per heavy atom. The molecule has 0 aliphatic carbocycles. The molecule has 9 nitrogen and oxygen atoms in total. The Morgan fingerprint density at radius 1 is 1.17 bits per heavy atom. The van der Waals surface area contributed by atoms with Crippen LogP contribution in [0.4, 0.5) is 21.6 Å². The first-order valence-electron chi connectivity index (χ1n) is 13.3. The second kappa shape index (κ2) is 12.3. The molecule has 0 fully saturated rings. The van der Waals surface area contributed by atoms with Crippen LogP contribution < -0.4 is 19.7 Å². The van der Waals surface area contributed by atoms with E-state index in [9.17, 15) is 9.18 Å². The summed E-state index contributed by atoms with van der Waals surface area (Å²) < 4.78 is 27.1. The Morgan fingerprint density at radius 2 is 2.10 bits per heavy atom. The van der Waals surface area contributed by atoms with Gasteiger partial charge in [-0.2, -0.15) is 0 Å². The number of nitrogens with one attached hydrogen (secondary N) is 1. The van der Waals surface area contributed by atoms with Crippen LogP contribution in [0.15, 0.2) is 91.8 Å². The molecule has 1 aliphatic heterocycles. The first-order chi connectivity index (χ1) is 20.5. The zero-order valence-corrected chi connectivity index (χ0v) is 23.2. The van der Waals surface area contributed by atoms with Crippen molar-refractivity contribution in [3.8, 4) is 11.5 Å². The summed E-state index contributed by atoms with van der Waals surface area (Å²) in [6, 6.07) is 15.2. The maximum atomic E-state index is 13.5. The van der Waals surface area contributed by atoms with Gasteiger partial charge in [0, 0.05) is 48.7 Å². The number of imidazole rings is 1. The van der Waals surface area contributed by atoms with E-state index in [0.717, 1.165) is 0 Å². The largest absolute Gasteiger partial charge is 0.491 e. The Hall–Kier alpha value is -4.96. The Labute approximate surface area is 246 Å². The van der Waals surface area contributed by atoms with Crippen LogP contribution in [0, 0.1) is 5.82 Å². The Kier molecular flexibility index (Phi) is 7.96. The van der Waals surface area contributed by atoms with E-state index < -0.39 is 0 Å². The van der Waals surface area contributed by atoms with Crippen LogP contribution in [-0.4, -0.2) is 38.6 Å². The lowest BCUT2D eigenvalue weighted by Crippen LogP contribution is -2.29. The number of halogens is 2. The normalized spacial score (nSPS) is 13.0. The molecular formula is C31H26ClFN6O3. The third kappa shape index (κ3) is 6.18. The standard InChI is InChI=1S/C31H26ClFN6O3/c32-25-15-23(7-8-28(25)42-18-21-4-1-5-22(33)14-21)37-31-24-16-27-29(17-26(24)35-19-36-31)41-13-3-11-39(27)30(40)6-2-10-38-12-9-34-20-38/h1-2,4-9,12,14-17,19-20H,3,10-11,13,18H2,(H,35,36,37)/b6-2+. The number of ether oxygens (including phenoxy) is 2. The number of rotatable bonds is 8. The molecule has 42 heavy (non-hydrogen) atoms. The molecule has 1 N–H and O–H groups in total. The zero-order valence-electron chi connectivity index (χ0n) is 22.4. The van der Waals surface area contributed by atoms with Crippen molar-refractivity contribution in [3.63, 3.8) is 0 Å². The smallest absolute Gasteiger partial charge is 0.250 e. The van der Waals surface area contributed by atoms with E-state index in [2.05, 4.69) is 20.3 Å². The van der Waals surface area contributed by atoms with Crippen molar-refractivity contribution in [1.82, 2.24) is 19.5 Å². The number of carbonyl (C=O) groups is 1. The number of fused-ring (bicyclic) bond motifs is 2. The predicted octanol–water partition coefficient (Wildman–Crippen LogP) is 6.31. The summed E-state index contributed by atoms with van der Waals surface area (Å²) >= 11 is 6.51. The lowest BCUT2D eigenvalue weighted by molar-refractivity contribution is -0.114. The number of hydrogen-bond acceptors (Lipinski definition) is 7. The van der Waals surface area contributed by atoms with Crippen molar-refractivity contribution in [2.24, 2.45) is 0 Å². The van der Waals surface area contributed by atoms with Gasteiger partial charge in [0.1, 0.15) is 36.1 Å². The van der Waals surface area contributed by atoms with Crippen LogP contribution in [0.2, 0.25) is 5.02 Å². The number of anilines is 3. The van der Waals surface area contributed by atoms with Gasteiger partial charge in [0.15, 0.2) is 0 Å². The minimum absolute atomic E-state index is 0.145. The molecule has 212 valence electrons. The molecule has 0 bridgehead atoms. The summed E-state index contributed by atoms with van der Waals surface area (Å²) in [4.78, 5) is 27.9. The Bertz CT molecular complexity index is 1760.